The van der Waals surface area contributed by atoms with Crippen molar-refractivity contribution in [3.8, 4) is 5.75 Å². The second-order valence-electron chi connectivity index (χ2n) is 4.59. The molecule has 3 amide bonds. The monoisotopic (exact) mass is 308 g/mol. The predicted octanol–water partition coefficient (Wildman–Crippen LogP) is 1.15. The Bertz CT molecular complexity index is 544. The maximum Gasteiger partial charge on any atom is 0.347 e. The number of carbonyl (C=O) groups is 3. The summed E-state index contributed by atoms with van der Waals surface area (Å²) in [6, 6.07) is 6.58. The summed E-state index contributed by atoms with van der Waals surface area (Å²) >= 11 is 0. The minimum absolute atomic E-state index is 0.389. The number of rotatable bonds is 6. The lowest BCUT2D eigenvalue weighted by Crippen LogP contribution is -2.41. The van der Waals surface area contributed by atoms with Crippen LogP contribution in [-0.2, 0) is 14.3 Å². The SMILES string of the molecule is CCNC(=O)NC(=O)COC(=O)[C@@H](C)Oc1cccc(C)c1. The van der Waals surface area contributed by atoms with Gasteiger partial charge in [-0.1, -0.05) is 12.1 Å². The van der Waals surface area contributed by atoms with Gasteiger partial charge in [0.15, 0.2) is 12.7 Å². The van der Waals surface area contributed by atoms with E-state index in [-0.39, 0.29) is 0 Å². The van der Waals surface area contributed by atoms with Crippen molar-refractivity contribution in [2.24, 2.45) is 0 Å². The summed E-state index contributed by atoms with van der Waals surface area (Å²) in [6.07, 6.45) is -0.862. The first-order valence-corrected chi connectivity index (χ1v) is 6.90. The van der Waals surface area contributed by atoms with Crippen LogP contribution in [0.15, 0.2) is 24.3 Å². The normalized spacial score (nSPS) is 11.2. The summed E-state index contributed by atoms with van der Waals surface area (Å²) in [5, 5.41) is 4.41. The number of aryl methyl sites for hydroxylation is 1. The van der Waals surface area contributed by atoms with Gasteiger partial charge in [0.05, 0.1) is 0 Å². The molecule has 0 spiro atoms. The summed E-state index contributed by atoms with van der Waals surface area (Å²) in [4.78, 5) is 34.2. The molecule has 120 valence electrons. The first kappa shape index (κ1) is 17.5. The number of esters is 1. The van der Waals surface area contributed by atoms with E-state index in [9.17, 15) is 14.4 Å². The lowest BCUT2D eigenvalue weighted by atomic mass is 10.2. The average molecular weight is 308 g/mol. The van der Waals surface area contributed by atoms with Gasteiger partial charge in [-0.2, -0.15) is 0 Å². The lowest BCUT2D eigenvalue weighted by Gasteiger charge is -2.14. The van der Waals surface area contributed by atoms with Gasteiger partial charge in [0.1, 0.15) is 5.75 Å². The van der Waals surface area contributed by atoms with E-state index in [2.05, 4.69) is 5.32 Å². The molecule has 0 aliphatic heterocycles. The number of urea groups is 1. The van der Waals surface area contributed by atoms with Crippen molar-refractivity contribution in [3.63, 3.8) is 0 Å². The highest BCUT2D eigenvalue weighted by molar-refractivity contribution is 5.95. The standard InChI is InChI=1S/C15H20N2O5/c1-4-16-15(20)17-13(18)9-21-14(19)11(3)22-12-7-5-6-10(2)8-12/h5-8,11H,4,9H2,1-3H3,(H2,16,17,18,20)/t11-/m1/s1. The predicted molar refractivity (Wildman–Crippen MR) is 79.4 cm³/mol. The topological polar surface area (TPSA) is 93.7 Å². The fourth-order valence-electron chi connectivity index (χ4n) is 1.56. The Morgan fingerprint density at radius 2 is 2.00 bits per heavy atom. The minimum atomic E-state index is -0.862. The van der Waals surface area contributed by atoms with Gasteiger partial charge >= 0.3 is 12.0 Å². The summed E-state index contributed by atoms with van der Waals surface area (Å²) in [5.74, 6) is -0.856. The van der Waals surface area contributed by atoms with Crippen LogP contribution in [0.25, 0.3) is 0 Å². The number of amides is 3. The van der Waals surface area contributed by atoms with Gasteiger partial charge < -0.3 is 14.8 Å². The fourth-order valence-corrected chi connectivity index (χ4v) is 1.56. The number of nitrogens with one attached hydrogen (secondary N) is 2. The highest BCUT2D eigenvalue weighted by Crippen LogP contribution is 2.14. The molecule has 1 aromatic carbocycles. The lowest BCUT2D eigenvalue weighted by molar-refractivity contribution is -0.154. The van der Waals surface area contributed by atoms with Crippen molar-refractivity contribution in [1.82, 2.24) is 10.6 Å². The van der Waals surface area contributed by atoms with Crippen LogP contribution in [0.5, 0.6) is 5.75 Å². The van der Waals surface area contributed by atoms with Gasteiger partial charge in [0.25, 0.3) is 5.91 Å². The maximum absolute atomic E-state index is 11.7. The largest absolute Gasteiger partial charge is 0.479 e. The van der Waals surface area contributed by atoms with E-state index >= 15 is 0 Å². The Kier molecular flexibility index (Phi) is 6.88. The Morgan fingerprint density at radius 1 is 1.27 bits per heavy atom. The molecule has 22 heavy (non-hydrogen) atoms. The molecule has 0 saturated heterocycles. The summed E-state index contributed by atoms with van der Waals surface area (Å²) in [7, 11) is 0. The van der Waals surface area contributed by atoms with Crippen molar-refractivity contribution in [2.45, 2.75) is 26.9 Å². The number of imide groups is 1. The van der Waals surface area contributed by atoms with Crippen LogP contribution in [0.4, 0.5) is 4.79 Å². The molecule has 7 heteroatoms. The van der Waals surface area contributed by atoms with Crippen LogP contribution in [0.3, 0.4) is 0 Å². The molecule has 0 aliphatic rings. The Hall–Kier alpha value is -2.57. The molecule has 0 unspecified atom stereocenters. The van der Waals surface area contributed by atoms with E-state index < -0.39 is 30.6 Å². The fraction of sp³-hybridized carbons (Fsp3) is 0.400. The number of hydrogen-bond donors (Lipinski definition) is 2. The van der Waals surface area contributed by atoms with E-state index in [1.807, 2.05) is 24.4 Å². The third-order valence-electron chi connectivity index (χ3n) is 2.57. The van der Waals surface area contributed by atoms with Gasteiger partial charge in [-0.3, -0.25) is 10.1 Å². The molecule has 1 rings (SSSR count). The van der Waals surface area contributed by atoms with Gasteiger partial charge in [0.2, 0.25) is 0 Å². The first-order chi connectivity index (χ1) is 10.4. The molecule has 0 aromatic heterocycles. The summed E-state index contributed by atoms with van der Waals surface area (Å²) in [6.45, 7) is 4.99. The summed E-state index contributed by atoms with van der Waals surface area (Å²) in [5.41, 5.74) is 0.999. The van der Waals surface area contributed by atoms with Crippen LogP contribution < -0.4 is 15.4 Å². The van der Waals surface area contributed by atoms with E-state index in [4.69, 9.17) is 9.47 Å². The Labute approximate surface area is 129 Å². The molecule has 0 bridgehead atoms. The minimum Gasteiger partial charge on any atom is -0.479 e. The van der Waals surface area contributed by atoms with Crippen LogP contribution >= 0.6 is 0 Å². The quantitative estimate of drug-likeness (QED) is 0.769. The highest BCUT2D eigenvalue weighted by Gasteiger charge is 2.18. The molecular formula is C15H20N2O5. The zero-order valence-electron chi connectivity index (χ0n) is 12.8. The molecule has 1 aromatic rings. The number of ether oxygens (including phenoxy) is 2. The van der Waals surface area contributed by atoms with E-state index in [1.54, 1.807) is 19.1 Å². The van der Waals surface area contributed by atoms with Crippen LogP contribution in [-0.4, -0.2) is 37.2 Å². The molecule has 1 atom stereocenters. The van der Waals surface area contributed by atoms with Gasteiger partial charge in [-0.25, -0.2) is 9.59 Å². The number of benzene rings is 1. The van der Waals surface area contributed by atoms with Crippen molar-refractivity contribution < 1.29 is 23.9 Å². The van der Waals surface area contributed by atoms with Gasteiger partial charge in [0, 0.05) is 6.54 Å². The van der Waals surface area contributed by atoms with Crippen LogP contribution in [0, 0.1) is 6.92 Å². The van der Waals surface area contributed by atoms with Gasteiger partial charge in [-0.05, 0) is 38.5 Å². The van der Waals surface area contributed by atoms with Crippen molar-refractivity contribution in [1.29, 1.82) is 0 Å². The van der Waals surface area contributed by atoms with Crippen molar-refractivity contribution >= 4 is 17.9 Å². The Balaban J connectivity index is 2.38. The second-order valence-corrected chi connectivity index (χ2v) is 4.59. The highest BCUT2D eigenvalue weighted by atomic mass is 16.6. The van der Waals surface area contributed by atoms with Crippen LogP contribution in [0.2, 0.25) is 0 Å². The van der Waals surface area contributed by atoms with Crippen LogP contribution in [0.1, 0.15) is 19.4 Å². The third kappa shape index (κ3) is 6.25. The van der Waals surface area contributed by atoms with Crippen molar-refractivity contribution in [3.05, 3.63) is 29.8 Å². The molecule has 0 heterocycles. The first-order valence-electron chi connectivity index (χ1n) is 6.90. The maximum atomic E-state index is 11.7. The smallest absolute Gasteiger partial charge is 0.347 e. The Morgan fingerprint density at radius 3 is 2.64 bits per heavy atom. The van der Waals surface area contributed by atoms with Crippen molar-refractivity contribution in [2.75, 3.05) is 13.2 Å². The zero-order valence-corrected chi connectivity index (χ0v) is 12.8. The van der Waals surface area contributed by atoms with E-state index in [0.717, 1.165) is 5.56 Å². The summed E-state index contributed by atoms with van der Waals surface area (Å²) < 4.78 is 10.2. The number of hydrogen-bond acceptors (Lipinski definition) is 5. The molecule has 0 aliphatic carbocycles. The number of carbonyl (C=O) groups excluding carboxylic acids is 3. The third-order valence-corrected chi connectivity index (χ3v) is 2.57. The second kappa shape index (κ2) is 8.66. The average Bonchev–Trinajstić information content (AvgIpc) is 2.44. The zero-order chi connectivity index (χ0) is 16.5. The molecule has 0 fully saturated rings. The van der Waals surface area contributed by atoms with E-state index in [1.165, 1.54) is 6.92 Å². The molecule has 2 N–H and O–H groups in total. The molecular weight excluding hydrogens is 288 g/mol. The molecule has 0 saturated carbocycles. The molecule has 7 nitrogen and oxygen atoms in total. The molecule has 0 radical (unpaired) electrons. The van der Waals surface area contributed by atoms with Gasteiger partial charge in [-0.15, -0.1) is 0 Å². The van der Waals surface area contributed by atoms with E-state index in [0.29, 0.717) is 12.3 Å².